The third-order valence-electron chi connectivity index (χ3n) is 2.47. The van der Waals surface area contributed by atoms with E-state index in [0.717, 1.165) is 10.2 Å². The summed E-state index contributed by atoms with van der Waals surface area (Å²) < 4.78 is 6.44. The van der Waals surface area contributed by atoms with E-state index in [4.69, 9.17) is 9.84 Å². The average molecular weight is 318 g/mol. The van der Waals surface area contributed by atoms with Gasteiger partial charge in [-0.1, -0.05) is 15.9 Å². The van der Waals surface area contributed by atoms with Crippen LogP contribution in [0.15, 0.2) is 28.7 Å². The number of ether oxygens (including phenoxy) is 1. The van der Waals surface area contributed by atoms with E-state index >= 15 is 0 Å². The molecule has 0 radical (unpaired) electrons. The van der Waals surface area contributed by atoms with Crippen LogP contribution in [0.4, 0.5) is 0 Å². The Morgan fingerprint density at radius 1 is 1.33 bits per heavy atom. The molecule has 0 spiro atoms. The summed E-state index contributed by atoms with van der Waals surface area (Å²) >= 11 is 3.34. The van der Waals surface area contributed by atoms with Gasteiger partial charge in [-0.2, -0.15) is 0 Å². The standard InChI is InChI=1S/C13H20BrNO3/c1-13(2,9-16)15-7-11(17)8-18-12-5-3-10(14)4-6-12/h3-6,11,15-17H,7-9H2,1-2H3. The fraction of sp³-hybridized carbons (Fsp3) is 0.538. The molecule has 1 rings (SSSR count). The predicted octanol–water partition coefficient (Wildman–Crippen LogP) is 1.55. The van der Waals surface area contributed by atoms with E-state index in [0.29, 0.717) is 6.54 Å². The van der Waals surface area contributed by atoms with Crippen LogP contribution in [0.2, 0.25) is 0 Å². The van der Waals surface area contributed by atoms with E-state index in [9.17, 15) is 5.11 Å². The summed E-state index contributed by atoms with van der Waals surface area (Å²) in [7, 11) is 0. The van der Waals surface area contributed by atoms with Crippen molar-refractivity contribution in [2.24, 2.45) is 0 Å². The molecule has 0 saturated heterocycles. The molecule has 18 heavy (non-hydrogen) atoms. The third-order valence-corrected chi connectivity index (χ3v) is 3.00. The van der Waals surface area contributed by atoms with E-state index in [1.165, 1.54) is 0 Å². The van der Waals surface area contributed by atoms with Crippen LogP contribution >= 0.6 is 15.9 Å². The summed E-state index contributed by atoms with van der Waals surface area (Å²) in [5.74, 6) is 0.721. The average Bonchev–Trinajstić information content (AvgIpc) is 2.36. The summed E-state index contributed by atoms with van der Waals surface area (Å²) in [6.07, 6.45) is -0.612. The smallest absolute Gasteiger partial charge is 0.119 e. The van der Waals surface area contributed by atoms with Crippen LogP contribution in [0.3, 0.4) is 0 Å². The van der Waals surface area contributed by atoms with Gasteiger partial charge in [0.25, 0.3) is 0 Å². The molecule has 0 aliphatic rings. The molecule has 5 heteroatoms. The van der Waals surface area contributed by atoms with E-state index in [2.05, 4.69) is 21.2 Å². The van der Waals surface area contributed by atoms with Gasteiger partial charge in [0.05, 0.1) is 6.61 Å². The van der Waals surface area contributed by atoms with Crippen molar-refractivity contribution in [2.45, 2.75) is 25.5 Å². The van der Waals surface area contributed by atoms with Crippen molar-refractivity contribution in [1.82, 2.24) is 5.32 Å². The number of nitrogens with one attached hydrogen (secondary N) is 1. The highest BCUT2D eigenvalue weighted by Gasteiger charge is 2.17. The molecule has 0 aromatic heterocycles. The Labute approximate surface area is 116 Å². The van der Waals surface area contributed by atoms with Crippen molar-refractivity contribution >= 4 is 15.9 Å². The molecule has 0 saturated carbocycles. The highest BCUT2D eigenvalue weighted by molar-refractivity contribution is 9.10. The first-order chi connectivity index (χ1) is 8.43. The number of benzene rings is 1. The van der Waals surface area contributed by atoms with Gasteiger partial charge in [0.1, 0.15) is 18.5 Å². The highest BCUT2D eigenvalue weighted by Crippen LogP contribution is 2.16. The second-order valence-corrected chi connectivity index (χ2v) is 5.76. The number of aliphatic hydroxyl groups is 2. The Kier molecular flexibility index (Phi) is 6.08. The van der Waals surface area contributed by atoms with Gasteiger partial charge in [-0.25, -0.2) is 0 Å². The van der Waals surface area contributed by atoms with Gasteiger partial charge in [-0.3, -0.25) is 0 Å². The monoisotopic (exact) mass is 317 g/mol. The van der Waals surface area contributed by atoms with Crippen LogP contribution in [-0.4, -0.2) is 41.6 Å². The molecule has 4 nitrogen and oxygen atoms in total. The van der Waals surface area contributed by atoms with Crippen LogP contribution in [0.5, 0.6) is 5.75 Å². The lowest BCUT2D eigenvalue weighted by Crippen LogP contribution is -2.47. The van der Waals surface area contributed by atoms with Crippen LogP contribution in [0.25, 0.3) is 0 Å². The summed E-state index contributed by atoms with van der Waals surface area (Å²) in [5.41, 5.74) is -0.390. The predicted molar refractivity (Wildman–Crippen MR) is 74.8 cm³/mol. The lowest BCUT2D eigenvalue weighted by atomic mass is 10.1. The van der Waals surface area contributed by atoms with E-state index in [1.54, 1.807) is 0 Å². The van der Waals surface area contributed by atoms with Crippen molar-refractivity contribution in [1.29, 1.82) is 0 Å². The first-order valence-corrected chi connectivity index (χ1v) is 6.64. The van der Waals surface area contributed by atoms with Gasteiger partial charge in [0.15, 0.2) is 0 Å². The molecule has 3 N–H and O–H groups in total. The van der Waals surface area contributed by atoms with Crippen LogP contribution in [-0.2, 0) is 0 Å². The molecule has 0 aliphatic heterocycles. The Bertz CT molecular complexity index is 354. The van der Waals surface area contributed by atoms with Crippen molar-refractivity contribution in [3.05, 3.63) is 28.7 Å². The maximum atomic E-state index is 9.75. The topological polar surface area (TPSA) is 61.7 Å². The Morgan fingerprint density at radius 2 is 1.94 bits per heavy atom. The minimum absolute atomic E-state index is 0.0211. The molecule has 1 aromatic rings. The number of hydrogen-bond acceptors (Lipinski definition) is 4. The van der Waals surface area contributed by atoms with Crippen LogP contribution < -0.4 is 10.1 Å². The Balaban J connectivity index is 2.29. The molecule has 0 aliphatic carbocycles. The number of aliphatic hydroxyl groups excluding tert-OH is 2. The molecule has 0 bridgehead atoms. The summed E-state index contributed by atoms with van der Waals surface area (Å²) in [4.78, 5) is 0. The number of halogens is 1. The van der Waals surface area contributed by atoms with Gasteiger partial charge in [-0.05, 0) is 38.1 Å². The van der Waals surface area contributed by atoms with Crippen molar-refractivity contribution < 1.29 is 14.9 Å². The van der Waals surface area contributed by atoms with Crippen LogP contribution in [0.1, 0.15) is 13.8 Å². The minimum atomic E-state index is -0.612. The molecule has 0 heterocycles. The molecule has 0 amide bonds. The zero-order chi connectivity index (χ0) is 13.6. The normalized spacial score (nSPS) is 13.4. The molecular formula is C13H20BrNO3. The SMILES string of the molecule is CC(C)(CO)NCC(O)COc1ccc(Br)cc1. The molecular weight excluding hydrogens is 298 g/mol. The minimum Gasteiger partial charge on any atom is -0.491 e. The van der Waals surface area contributed by atoms with Gasteiger partial charge < -0.3 is 20.3 Å². The second-order valence-electron chi connectivity index (χ2n) is 4.84. The van der Waals surface area contributed by atoms with Gasteiger partial charge in [0, 0.05) is 16.6 Å². The molecule has 1 atom stereocenters. The molecule has 102 valence electrons. The maximum Gasteiger partial charge on any atom is 0.119 e. The lowest BCUT2D eigenvalue weighted by Gasteiger charge is -2.25. The maximum absolute atomic E-state index is 9.75. The summed E-state index contributed by atoms with van der Waals surface area (Å²) in [6.45, 7) is 4.36. The molecule has 1 aromatic carbocycles. The Morgan fingerprint density at radius 3 is 2.50 bits per heavy atom. The quantitative estimate of drug-likeness (QED) is 0.714. The van der Waals surface area contributed by atoms with Gasteiger partial charge >= 0.3 is 0 Å². The highest BCUT2D eigenvalue weighted by atomic mass is 79.9. The van der Waals surface area contributed by atoms with E-state index in [-0.39, 0.29) is 13.2 Å². The number of β-amino-alcohol motifs (C(OH)–C–C–N with tert-alkyl or cyclic N) is 1. The van der Waals surface area contributed by atoms with E-state index < -0.39 is 11.6 Å². The molecule has 1 unspecified atom stereocenters. The first kappa shape index (κ1) is 15.4. The largest absolute Gasteiger partial charge is 0.491 e. The van der Waals surface area contributed by atoms with Crippen molar-refractivity contribution in [3.63, 3.8) is 0 Å². The fourth-order valence-electron chi connectivity index (χ4n) is 1.23. The van der Waals surface area contributed by atoms with Gasteiger partial charge in [-0.15, -0.1) is 0 Å². The number of rotatable bonds is 7. The summed E-state index contributed by atoms with van der Waals surface area (Å²) in [6, 6.07) is 7.44. The van der Waals surface area contributed by atoms with Crippen LogP contribution in [0, 0.1) is 0 Å². The van der Waals surface area contributed by atoms with Gasteiger partial charge in [0.2, 0.25) is 0 Å². The lowest BCUT2D eigenvalue weighted by molar-refractivity contribution is 0.0906. The Hall–Kier alpha value is -0.620. The van der Waals surface area contributed by atoms with Crippen molar-refractivity contribution in [3.8, 4) is 5.75 Å². The zero-order valence-corrected chi connectivity index (χ0v) is 12.3. The summed E-state index contributed by atoms with van der Waals surface area (Å²) in [5, 5.41) is 21.9. The van der Waals surface area contributed by atoms with Crippen molar-refractivity contribution in [2.75, 3.05) is 19.8 Å². The molecule has 0 fully saturated rings. The second kappa shape index (κ2) is 7.09. The first-order valence-electron chi connectivity index (χ1n) is 5.85. The third kappa shape index (κ3) is 5.82. The van der Waals surface area contributed by atoms with E-state index in [1.807, 2.05) is 38.1 Å². The zero-order valence-electron chi connectivity index (χ0n) is 10.7. The fourth-order valence-corrected chi connectivity index (χ4v) is 1.50. The number of hydrogen-bond donors (Lipinski definition) is 3.